The quantitative estimate of drug-likeness (QED) is 0.318. The van der Waals surface area contributed by atoms with E-state index in [0.717, 1.165) is 0 Å². The van der Waals surface area contributed by atoms with E-state index >= 15 is 0 Å². The van der Waals surface area contributed by atoms with Crippen molar-refractivity contribution in [1.82, 2.24) is 0 Å². The van der Waals surface area contributed by atoms with E-state index in [9.17, 15) is 0 Å². The molecule has 0 spiro atoms. The van der Waals surface area contributed by atoms with E-state index in [1.165, 1.54) is 0 Å². The van der Waals surface area contributed by atoms with Gasteiger partial charge in [-0.15, -0.1) is 0 Å². The molecule has 0 N–H and O–H groups in total. The zero-order valence-corrected chi connectivity index (χ0v) is 13.1. The second-order valence-electron chi connectivity index (χ2n) is 0. The van der Waals surface area contributed by atoms with Gasteiger partial charge in [-0.25, -0.2) is 0 Å². The maximum Gasteiger partial charge on any atom is 2.00 e. The minimum absolute atomic E-state index is 0. The minimum atomic E-state index is 0. The smallest absolute Gasteiger partial charge is 2.00 e. The van der Waals surface area contributed by atoms with Crippen molar-refractivity contribution in [3.8, 4) is 0 Å². The van der Waals surface area contributed by atoms with Gasteiger partial charge in [-0.3, -0.25) is 0 Å². The first kappa shape index (κ1) is 33.1. The van der Waals surface area contributed by atoms with E-state index in [1.807, 2.05) is 0 Å². The predicted molar refractivity (Wildman–Crippen MR) is 25.7 cm³/mol. The van der Waals surface area contributed by atoms with Gasteiger partial charge in [-0.1, -0.05) is 0 Å². The molecule has 5 heavy (non-hydrogen) atoms. The molecule has 0 aromatic rings. The average Bonchev–Trinajstić information content (AvgIpc) is 0. The van der Waals surface area contributed by atoms with E-state index in [0.29, 0.717) is 0 Å². The Morgan fingerprint density at radius 2 is 1.00 bits per heavy atom. The predicted octanol–water partition coefficient (Wildman–Crippen LogP) is -6.04. The number of hydrogen-bond acceptors (Lipinski definition) is 0. The molecule has 5 heteroatoms. The molecule has 20 valence electrons. The molecule has 0 heterocycles. The van der Waals surface area contributed by atoms with Crippen LogP contribution in [-0.2, 0) is 13.5 Å². The van der Waals surface area contributed by atoms with Crippen LogP contribution in [0.4, 0.5) is 0 Å². The van der Waals surface area contributed by atoms with Crippen molar-refractivity contribution in [3.63, 3.8) is 0 Å². The maximum absolute atomic E-state index is 0. The van der Waals surface area contributed by atoms with E-state index in [4.69, 9.17) is 0 Å². The van der Waals surface area contributed by atoms with Crippen LogP contribution in [-0.4, -0.2) is 23.1 Å². The molecular weight excluding hydrogens is 167 g/mol. The van der Waals surface area contributed by atoms with Gasteiger partial charge in [0.1, 0.15) is 0 Å². The molecule has 0 aliphatic carbocycles. The van der Waals surface area contributed by atoms with Gasteiger partial charge < -0.3 is 16.3 Å². The van der Waals surface area contributed by atoms with E-state index in [1.54, 1.807) is 0 Å². The van der Waals surface area contributed by atoms with Gasteiger partial charge in [-0.05, 0) is 0 Å². The van der Waals surface area contributed by atoms with Crippen LogP contribution in [0.3, 0.4) is 0 Å². The molecule has 0 unspecified atom stereocenters. The third-order valence-corrected chi connectivity index (χ3v) is 0. The van der Waals surface area contributed by atoms with E-state index < -0.39 is 0 Å². The molecular formula is H4K2MgS2. The normalized spacial score (nSPS) is 0. The van der Waals surface area contributed by atoms with Crippen molar-refractivity contribution < 1.29 is 106 Å². The first-order valence-corrected chi connectivity index (χ1v) is 0. The van der Waals surface area contributed by atoms with E-state index in [-0.39, 0.29) is 156 Å². The van der Waals surface area contributed by atoms with Crippen molar-refractivity contribution in [3.05, 3.63) is 0 Å². The second kappa shape index (κ2) is 23.3. The monoisotopic (exact) mass is 170 g/mol. The van der Waals surface area contributed by atoms with Gasteiger partial charge in [0.05, 0.1) is 0 Å². The van der Waals surface area contributed by atoms with Crippen LogP contribution < -0.4 is 103 Å². The second-order valence-corrected chi connectivity index (χ2v) is 0. The molecule has 0 aliphatic heterocycles. The molecule has 0 rings (SSSR count). The Labute approximate surface area is 151 Å². The Morgan fingerprint density at radius 1 is 1.00 bits per heavy atom. The topological polar surface area (TPSA) is 0 Å². The molecule has 0 amide bonds. The van der Waals surface area contributed by atoms with Crippen molar-refractivity contribution in [2.45, 2.75) is 0 Å². The summed E-state index contributed by atoms with van der Waals surface area (Å²) in [5.74, 6) is 0. The molecule has 0 aromatic heterocycles. The maximum atomic E-state index is 0. The summed E-state index contributed by atoms with van der Waals surface area (Å²) >= 11 is 0. The van der Waals surface area contributed by atoms with Gasteiger partial charge in [0.15, 0.2) is 0 Å². The van der Waals surface area contributed by atoms with Crippen LogP contribution >= 0.6 is 13.5 Å². The number of rotatable bonds is 0. The van der Waals surface area contributed by atoms with Crippen molar-refractivity contribution in [2.24, 2.45) is 0 Å². The molecule has 0 nitrogen and oxygen atoms in total. The van der Waals surface area contributed by atoms with E-state index in [2.05, 4.69) is 0 Å². The summed E-state index contributed by atoms with van der Waals surface area (Å²) in [7, 11) is 0. The molecule has 0 bridgehead atoms. The molecule has 0 saturated carbocycles. The Kier molecular flexibility index (Phi) is 154. The summed E-state index contributed by atoms with van der Waals surface area (Å²) in [5.41, 5.74) is 0. The first-order valence-electron chi connectivity index (χ1n) is 0. The minimum Gasteiger partial charge on any atom is -2.00 e. The Hall–Kier alpha value is 4.74. The SMILES string of the molecule is S.[H-].[H-].[K+].[K+].[Mg+2].[S-2]. The van der Waals surface area contributed by atoms with Crippen LogP contribution in [0.5, 0.6) is 0 Å². The van der Waals surface area contributed by atoms with Crippen molar-refractivity contribution in [1.29, 1.82) is 0 Å². The zero-order valence-electron chi connectivity index (χ0n) is 5.62. The fourth-order valence-electron chi connectivity index (χ4n) is 0. The van der Waals surface area contributed by atoms with Crippen molar-refractivity contribution in [2.75, 3.05) is 0 Å². The van der Waals surface area contributed by atoms with Gasteiger partial charge >= 0.3 is 126 Å². The van der Waals surface area contributed by atoms with Crippen molar-refractivity contribution >= 4 is 50.0 Å². The summed E-state index contributed by atoms with van der Waals surface area (Å²) in [6, 6.07) is 0. The third kappa shape index (κ3) is 17.7. The molecule has 0 fully saturated rings. The molecule has 0 aromatic carbocycles. The van der Waals surface area contributed by atoms with Crippen LogP contribution in [0.2, 0.25) is 0 Å². The average molecular weight is 171 g/mol. The third-order valence-electron chi connectivity index (χ3n) is 0. The fraction of sp³-hybridized carbons (Fsp3) is 0. The van der Waals surface area contributed by atoms with Crippen LogP contribution in [0.25, 0.3) is 0 Å². The number of hydrogen-bond donors (Lipinski definition) is 0. The summed E-state index contributed by atoms with van der Waals surface area (Å²) in [6.45, 7) is 0. The summed E-state index contributed by atoms with van der Waals surface area (Å²) in [4.78, 5) is 0. The molecule has 0 aliphatic rings. The molecule has 0 saturated heterocycles. The van der Waals surface area contributed by atoms with Gasteiger partial charge in [0.25, 0.3) is 0 Å². The van der Waals surface area contributed by atoms with Crippen LogP contribution in [0.1, 0.15) is 2.85 Å². The zero-order chi connectivity index (χ0) is 0. The molecule has 0 atom stereocenters. The summed E-state index contributed by atoms with van der Waals surface area (Å²) < 4.78 is 0. The van der Waals surface area contributed by atoms with Gasteiger partial charge in [-0.2, -0.15) is 13.5 Å². The summed E-state index contributed by atoms with van der Waals surface area (Å²) in [5, 5.41) is 0. The Bertz CT molecular complexity index is 13.7. The Morgan fingerprint density at radius 3 is 1.00 bits per heavy atom. The Balaban J connectivity index is 0. The van der Waals surface area contributed by atoms with Gasteiger partial charge in [0.2, 0.25) is 0 Å². The van der Waals surface area contributed by atoms with Crippen LogP contribution in [0, 0.1) is 0 Å². The fourth-order valence-corrected chi connectivity index (χ4v) is 0. The summed E-state index contributed by atoms with van der Waals surface area (Å²) in [6.07, 6.45) is 0. The van der Waals surface area contributed by atoms with Crippen LogP contribution in [0.15, 0.2) is 0 Å². The first-order chi connectivity index (χ1) is 0. The standard InChI is InChI=1S/2K.Mg.H2S.S.2H/h;;;1H2;;;/q2*+1;+2;;-2;2*-1. The largest absolute Gasteiger partial charge is 2.00 e. The van der Waals surface area contributed by atoms with Gasteiger partial charge in [0, 0.05) is 0 Å². The molecule has 0 radical (unpaired) electrons.